The van der Waals surface area contributed by atoms with Crippen LogP contribution in [0, 0.1) is 12.3 Å². The van der Waals surface area contributed by atoms with Gasteiger partial charge in [0.1, 0.15) is 16.8 Å². The Morgan fingerprint density at radius 1 is 1.17 bits per heavy atom. The van der Waals surface area contributed by atoms with Gasteiger partial charge in [0.2, 0.25) is 5.91 Å². The Labute approximate surface area is 214 Å². The quantitative estimate of drug-likeness (QED) is 0.584. The van der Waals surface area contributed by atoms with E-state index in [2.05, 4.69) is 5.32 Å². The van der Waals surface area contributed by atoms with E-state index in [1.165, 1.54) is 0 Å². The van der Waals surface area contributed by atoms with E-state index in [0.29, 0.717) is 34.1 Å². The van der Waals surface area contributed by atoms with E-state index in [1.807, 2.05) is 39.0 Å². The molecule has 3 aliphatic rings. The van der Waals surface area contributed by atoms with Crippen LogP contribution in [0.3, 0.4) is 0 Å². The molecule has 3 N–H and O–H groups in total. The Morgan fingerprint density at radius 3 is 2.61 bits per heavy atom. The summed E-state index contributed by atoms with van der Waals surface area (Å²) in [7, 11) is 0. The van der Waals surface area contributed by atoms with Crippen LogP contribution in [0.4, 0.5) is 11.4 Å². The van der Waals surface area contributed by atoms with E-state index < -0.39 is 17.3 Å². The highest BCUT2D eigenvalue weighted by molar-refractivity contribution is 6.31. The van der Waals surface area contributed by atoms with Gasteiger partial charge in [0.25, 0.3) is 0 Å². The zero-order valence-electron chi connectivity index (χ0n) is 20.7. The van der Waals surface area contributed by atoms with Crippen molar-refractivity contribution < 1.29 is 19.1 Å². The average Bonchev–Trinajstić information content (AvgIpc) is 3.04. The fourth-order valence-corrected chi connectivity index (χ4v) is 5.95. The number of ketones is 1. The summed E-state index contributed by atoms with van der Waals surface area (Å²) in [5.41, 5.74) is 8.08. The van der Waals surface area contributed by atoms with Crippen molar-refractivity contribution in [2.24, 2.45) is 11.1 Å². The van der Waals surface area contributed by atoms with Crippen LogP contribution in [0.1, 0.15) is 44.7 Å². The van der Waals surface area contributed by atoms with Crippen molar-refractivity contribution in [3.63, 3.8) is 0 Å². The molecule has 0 saturated heterocycles. The van der Waals surface area contributed by atoms with Crippen molar-refractivity contribution >= 4 is 40.6 Å². The maximum Gasteiger partial charge on any atom is 0.339 e. The molecule has 1 atom stereocenters. The summed E-state index contributed by atoms with van der Waals surface area (Å²) in [6.07, 6.45) is 0.689. The van der Waals surface area contributed by atoms with Crippen LogP contribution in [0.5, 0.6) is 0 Å². The molecular weight excluding hydrogens is 478 g/mol. The number of carbonyl (C=O) groups is 3. The van der Waals surface area contributed by atoms with Crippen molar-refractivity contribution in [1.82, 2.24) is 0 Å². The third-order valence-electron chi connectivity index (χ3n) is 7.08. The average molecular weight is 506 g/mol. The van der Waals surface area contributed by atoms with Gasteiger partial charge in [-0.15, -0.1) is 0 Å². The molecule has 36 heavy (non-hydrogen) atoms. The number of benzene rings is 2. The Balaban J connectivity index is 1.93. The van der Waals surface area contributed by atoms with Gasteiger partial charge in [0, 0.05) is 39.7 Å². The number of amides is 1. The lowest BCUT2D eigenvalue weighted by Gasteiger charge is -2.47. The minimum absolute atomic E-state index is 0.0458. The zero-order valence-corrected chi connectivity index (χ0v) is 21.5. The summed E-state index contributed by atoms with van der Waals surface area (Å²) in [5, 5.41) is 3.38. The van der Waals surface area contributed by atoms with Gasteiger partial charge >= 0.3 is 5.97 Å². The fraction of sp³-hybridized carbons (Fsp3) is 0.321. The molecule has 1 aliphatic carbocycles. The van der Waals surface area contributed by atoms with Gasteiger partial charge in [0.15, 0.2) is 5.78 Å². The molecule has 8 heteroatoms. The number of rotatable bonds is 3. The van der Waals surface area contributed by atoms with Crippen LogP contribution in [0.2, 0.25) is 5.02 Å². The fourth-order valence-electron chi connectivity index (χ4n) is 5.76. The lowest BCUT2D eigenvalue weighted by molar-refractivity contribution is -0.140. The third kappa shape index (κ3) is 3.37. The molecule has 0 saturated carbocycles. The minimum atomic E-state index is -1.71. The van der Waals surface area contributed by atoms with Crippen LogP contribution in [0.15, 0.2) is 65.1 Å². The highest BCUT2D eigenvalue weighted by Gasteiger charge is 2.63. The number of ether oxygens (including phenoxy) is 1. The molecule has 2 heterocycles. The van der Waals surface area contributed by atoms with Crippen molar-refractivity contribution in [1.29, 1.82) is 0 Å². The Morgan fingerprint density at radius 2 is 1.92 bits per heavy atom. The number of halogens is 1. The van der Waals surface area contributed by atoms with Gasteiger partial charge in [-0.1, -0.05) is 49.2 Å². The second-order valence-corrected chi connectivity index (χ2v) is 10.7. The molecule has 1 spiro atoms. The van der Waals surface area contributed by atoms with Gasteiger partial charge in [0.05, 0.1) is 6.61 Å². The molecule has 1 unspecified atom stereocenters. The molecule has 2 aliphatic heterocycles. The number of fused-ring (bicyclic) bond motifs is 3. The number of anilines is 2. The summed E-state index contributed by atoms with van der Waals surface area (Å²) >= 11 is 6.33. The summed E-state index contributed by atoms with van der Waals surface area (Å²) < 4.78 is 5.45. The maximum atomic E-state index is 14.0. The number of aryl methyl sites for hydroxylation is 1. The monoisotopic (exact) mass is 505 g/mol. The first kappa shape index (κ1) is 24.1. The predicted octanol–water partition coefficient (Wildman–Crippen LogP) is 4.74. The van der Waals surface area contributed by atoms with E-state index in [0.717, 1.165) is 5.56 Å². The minimum Gasteiger partial charge on any atom is -0.462 e. The Bertz CT molecular complexity index is 1410. The second-order valence-electron chi connectivity index (χ2n) is 10.3. The van der Waals surface area contributed by atoms with Gasteiger partial charge in [-0.25, -0.2) is 4.79 Å². The molecule has 1 amide bonds. The third-order valence-corrected chi connectivity index (χ3v) is 7.32. The number of Topliss-reactive ketones (excluding diaryl/α,β-unsaturated/α-hetero) is 1. The van der Waals surface area contributed by atoms with E-state index in [-0.39, 0.29) is 41.2 Å². The number of allylic oxidation sites excluding steroid dienone is 1. The standard InChI is InChI=1S/C28H28ClN3O4/c1-5-36-25(34)23-24(30)32(17-8-6-7-16(29)12-17)20-13-27(3,4)14-21(33)22(20)28(23)18-11-15(2)9-10-19(18)31-26(28)35/h6-12H,5,13-14,30H2,1-4H3,(H,31,35). The summed E-state index contributed by atoms with van der Waals surface area (Å²) in [6.45, 7) is 7.68. The number of hydrogen-bond donors (Lipinski definition) is 2. The largest absolute Gasteiger partial charge is 0.462 e. The molecule has 2 aromatic rings. The molecule has 0 radical (unpaired) electrons. The van der Waals surface area contributed by atoms with Gasteiger partial charge in [-0.3, -0.25) is 14.5 Å². The lowest BCUT2D eigenvalue weighted by atomic mass is 9.60. The molecule has 0 bridgehead atoms. The number of nitrogens with two attached hydrogens (primary N) is 1. The lowest BCUT2D eigenvalue weighted by Crippen LogP contribution is -2.54. The molecule has 2 aromatic carbocycles. The van der Waals surface area contributed by atoms with E-state index in [9.17, 15) is 14.4 Å². The van der Waals surface area contributed by atoms with Gasteiger partial charge < -0.3 is 15.8 Å². The predicted molar refractivity (Wildman–Crippen MR) is 138 cm³/mol. The number of carbonyl (C=O) groups excluding carboxylic acids is 3. The van der Waals surface area contributed by atoms with Crippen molar-refractivity contribution in [2.45, 2.75) is 46.0 Å². The van der Waals surface area contributed by atoms with Crippen LogP contribution in [0.25, 0.3) is 0 Å². The van der Waals surface area contributed by atoms with Gasteiger partial charge in [-0.05, 0) is 49.9 Å². The molecule has 5 rings (SSSR count). The van der Waals surface area contributed by atoms with E-state index in [4.69, 9.17) is 22.1 Å². The normalized spacial score (nSPS) is 22.5. The molecule has 0 aromatic heterocycles. The highest BCUT2D eigenvalue weighted by Crippen LogP contribution is 2.57. The van der Waals surface area contributed by atoms with Crippen molar-refractivity contribution in [2.75, 3.05) is 16.8 Å². The topological polar surface area (TPSA) is 102 Å². The van der Waals surface area contributed by atoms with Crippen LogP contribution in [-0.2, 0) is 24.5 Å². The zero-order chi connectivity index (χ0) is 26.0. The van der Waals surface area contributed by atoms with Crippen molar-refractivity contribution in [3.05, 3.63) is 81.3 Å². The Kier molecular flexibility index (Phi) is 5.52. The summed E-state index contributed by atoms with van der Waals surface area (Å²) in [4.78, 5) is 43.4. The Hall–Kier alpha value is -3.58. The molecular formula is C28H28ClN3O4. The van der Waals surface area contributed by atoms with Crippen molar-refractivity contribution in [3.8, 4) is 0 Å². The molecule has 7 nitrogen and oxygen atoms in total. The summed E-state index contributed by atoms with van der Waals surface area (Å²) in [6, 6.07) is 12.5. The van der Waals surface area contributed by atoms with Crippen LogP contribution >= 0.6 is 11.6 Å². The number of nitrogens with zero attached hydrogens (tertiary/aromatic N) is 1. The molecule has 0 fully saturated rings. The van der Waals surface area contributed by atoms with E-state index in [1.54, 1.807) is 36.1 Å². The second kappa shape index (κ2) is 8.23. The number of nitrogens with one attached hydrogen (secondary N) is 1. The first-order valence-corrected chi connectivity index (χ1v) is 12.3. The molecule has 186 valence electrons. The highest BCUT2D eigenvalue weighted by atomic mass is 35.5. The SMILES string of the molecule is CCOC(=O)C1=C(N)N(c2cccc(Cl)c2)C2=C(C(=O)CC(C)(C)C2)C12C(=O)Nc1ccc(C)cc12. The van der Waals surface area contributed by atoms with E-state index >= 15 is 0 Å². The number of esters is 1. The van der Waals surface area contributed by atoms with Gasteiger partial charge in [-0.2, -0.15) is 0 Å². The van der Waals surface area contributed by atoms with Crippen LogP contribution < -0.4 is 16.0 Å². The first-order valence-electron chi connectivity index (χ1n) is 11.9. The summed E-state index contributed by atoms with van der Waals surface area (Å²) in [5.74, 6) is -1.38. The maximum absolute atomic E-state index is 14.0. The van der Waals surface area contributed by atoms with Crippen LogP contribution in [-0.4, -0.2) is 24.3 Å². The number of hydrogen-bond acceptors (Lipinski definition) is 6. The first-order chi connectivity index (χ1) is 17.0. The smallest absolute Gasteiger partial charge is 0.339 e.